The Labute approximate surface area is 291 Å². The second-order valence-electron chi connectivity index (χ2n) is 13.3. The zero-order valence-electron chi connectivity index (χ0n) is 27.5. The van der Waals surface area contributed by atoms with E-state index in [0.717, 1.165) is 0 Å². The average molecular weight is 633 g/mol. The molecule has 0 atom stereocenters. The van der Waals surface area contributed by atoms with Gasteiger partial charge in [-0.25, -0.2) is 0 Å². The normalized spacial score (nSPS) is 11.6. The summed E-state index contributed by atoms with van der Waals surface area (Å²) in [5, 5.41) is 12.7. The Balaban J connectivity index is 1.14. The molecule has 0 bridgehead atoms. The first-order valence-electron chi connectivity index (χ1n) is 17.3. The molecule has 0 nitrogen and oxygen atoms in total. The molecule has 0 saturated carbocycles. The molecule has 50 heavy (non-hydrogen) atoms. The summed E-state index contributed by atoms with van der Waals surface area (Å²) in [6.45, 7) is 0. The molecule has 10 aromatic carbocycles. The van der Waals surface area contributed by atoms with Crippen LogP contribution in [0.15, 0.2) is 194 Å². The maximum absolute atomic E-state index is 2.37. The molecule has 232 valence electrons. The monoisotopic (exact) mass is 632 g/mol. The van der Waals surface area contributed by atoms with Crippen molar-refractivity contribution in [3.63, 3.8) is 0 Å². The highest BCUT2D eigenvalue weighted by atomic mass is 14.2. The summed E-state index contributed by atoms with van der Waals surface area (Å²) >= 11 is 0. The second-order valence-corrected chi connectivity index (χ2v) is 13.3. The minimum absolute atomic E-state index is 1.23. The van der Waals surface area contributed by atoms with Crippen molar-refractivity contribution in [2.24, 2.45) is 0 Å². The standard InChI is InChI=1S/C50H32/c1-3-11-33(12-4-1)37-23-25-45-43-17-9-7-15-39(43)31-47(49(45)29-37)41-21-19-36-28-42(22-20-35(36)27-41)48-32-40-16-8-10-18-44(40)46-26-24-38(30-50(46)48)34-13-5-2-6-14-34/h1-32H. The Morgan fingerprint density at radius 1 is 0.180 bits per heavy atom. The van der Waals surface area contributed by atoms with Gasteiger partial charge in [0.05, 0.1) is 0 Å². The summed E-state index contributed by atoms with van der Waals surface area (Å²) in [5.74, 6) is 0. The van der Waals surface area contributed by atoms with E-state index in [1.807, 2.05) is 0 Å². The minimum atomic E-state index is 1.23. The van der Waals surface area contributed by atoms with Gasteiger partial charge in [0.25, 0.3) is 0 Å². The molecule has 0 N–H and O–H groups in total. The number of fused-ring (bicyclic) bond motifs is 7. The van der Waals surface area contributed by atoms with Crippen LogP contribution in [0.25, 0.3) is 98.4 Å². The van der Waals surface area contributed by atoms with Crippen LogP contribution in [0.3, 0.4) is 0 Å². The van der Waals surface area contributed by atoms with Gasteiger partial charge >= 0.3 is 0 Å². The maximum atomic E-state index is 2.37. The van der Waals surface area contributed by atoms with Gasteiger partial charge in [-0.3, -0.25) is 0 Å². The smallest absolute Gasteiger partial charge is 0.00928 e. The van der Waals surface area contributed by atoms with Gasteiger partial charge in [0.1, 0.15) is 0 Å². The highest BCUT2D eigenvalue weighted by molar-refractivity contribution is 6.16. The molecule has 0 aromatic heterocycles. The van der Waals surface area contributed by atoms with E-state index in [4.69, 9.17) is 0 Å². The van der Waals surface area contributed by atoms with Gasteiger partial charge < -0.3 is 0 Å². The van der Waals surface area contributed by atoms with Crippen LogP contribution in [0.1, 0.15) is 0 Å². The van der Waals surface area contributed by atoms with E-state index < -0.39 is 0 Å². The first-order valence-corrected chi connectivity index (χ1v) is 17.3. The van der Waals surface area contributed by atoms with Crippen molar-refractivity contribution in [3.8, 4) is 44.5 Å². The molecule has 0 aliphatic heterocycles. The highest BCUT2D eigenvalue weighted by Gasteiger charge is 2.14. The molecule has 0 fully saturated rings. The first-order chi connectivity index (χ1) is 24.8. The Morgan fingerprint density at radius 2 is 0.580 bits per heavy atom. The molecule has 0 aliphatic carbocycles. The summed E-state index contributed by atoms with van der Waals surface area (Å²) in [6.07, 6.45) is 0. The lowest BCUT2D eigenvalue weighted by Gasteiger charge is -2.15. The molecule has 0 unspecified atom stereocenters. The molecular formula is C50H32. The van der Waals surface area contributed by atoms with E-state index >= 15 is 0 Å². The Morgan fingerprint density at radius 3 is 1.04 bits per heavy atom. The van der Waals surface area contributed by atoms with Crippen molar-refractivity contribution in [2.45, 2.75) is 0 Å². The zero-order chi connectivity index (χ0) is 33.0. The number of benzene rings is 10. The summed E-state index contributed by atoms with van der Waals surface area (Å²) in [7, 11) is 0. The molecule has 0 amide bonds. The lowest BCUT2D eigenvalue weighted by Crippen LogP contribution is -1.88. The summed E-state index contributed by atoms with van der Waals surface area (Å²) < 4.78 is 0. The van der Waals surface area contributed by atoms with Crippen LogP contribution < -0.4 is 0 Å². The molecule has 0 radical (unpaired) electrons. The minimum Gasteiger partial charge on any atom is -0.0622 e. The van der Waals surface area contributed by atoms with Gasteiger partial charge in [0, 0.05) is 0 Å². The highest BCUT2D eigenvalue weighted by Crippen LogP contribution is 2.41. The van der Waals surface area contributed by atoms with Crippen LogP contribution in [0.4, 0.5) is 0 Å². The van der Waals surface area contributed by atoms with E-state index in [2.05, 4.69) is 194 Å². The molecule has 10 aromatic rings. The SMILES string of the molecule is c1ccc(-c2ccc3c(c2)c(-c2ccc4cc(-c5cc6ccccc6c6ccc(-c7ccccc7)cc56)ccc4c2)cc2ccccc23)cc1. The third-order valence-corrected chi connectivity index (χ3v) is 10.4. The Bertz CT molecular complexity index is 2700. The van der Waals surface area contributed by atoms with Crippen LogP contribution in [-0.4, -0.2) is 0 Å². The van der Waals surface area contributed by atoms with Gasteiger partial charge in [-0.2, -0.15) is 0 Å². The van der Waals surface area contributed by atoms with Crippen molar-refractivity contribution in [1.82, 2.24) is 0 Å². The predicted octanol–water partition coefficient (Wildman–Crippen LogP) is 14.1. The quantitative estimate of drug-likeness (QED) is 0.169. The van der Waals surface area contributed by atoms with E-state index in [9.17, 15) is 0 Å². The maximum Gasteiger partial charge on any atom is -0.00928 e. The Hall–Kier alpha value is -6.50. The van der Waals surface area contributed by atoms with Gasteiger partial charge in [0.15, 0.2) is 0 Å². The van der Waals surface area contributed by atoms with Crippen molar-refractivity contribution < 1.29 is 0 Å². The number of hydrogen-bond donors (Lipinski definition) is 0. The van der Waals surface area contributed by atoms with E-state index in [0.29, 0.717) is 0 Å². The average Bonchev–Trinajstić information content (AvgIpc) is 3.20. The molecule has 0 spiro atoms. The van der Waals surface area contributed by atoms with Crippen molar-refractivity contribution in [1.29, 1.82) is 0 Å². The van der Waals surface area contributed by atoms with Gasteiger partial charge in [0.2, 0.25) is 0 Å². The van der Waals surface area contributed by atoms with E-state index in [1.165, 1.54) is 98.4 Å². The van der Waals surface area contributed by atoms with Crippen LogP contribution >= 0.6 is 0 Å². The van der Waals surface area contributed by atoms with Crippen molar-refractivity contribution >= 4 is 53.9 Å². The predicted molar refractivity (Wildman–Crippen MR) is 216 cm³/mol. The fourth-order valence-corrected chi connectivity index (χ4v) is 7.89. The fourth-order valence-electron chi connectivity index (χ4n) is 7.89. The molecule has 0 aliphatic rings. The number of hydrogen-bond acceptors (Lipinski definition) is 0. The molecule has 0 heterocycles. The summed E-state index contributed by atoms with van der Waals surface area (Å²) in [4.78, 5) is 0. The van der Waals surface area contributed by atoms with Gasteiger partial charge in [-0.05, 0) is 135 Å². The van der Waals surface area contributed by atoms with Crippen LogP contribution in [0.2, 0.25) is 0 Å². The molecule has 10 rings (SSSR count). The van der Waals surface area contributed by atoms with E-state index in [-0.39, 0.29) is 0 Å². The third kappa shape index (κ3) is 4.77. The summed E-state index contributed by atoms with van der Waals surface area (Å²) in [6, 6.07) is 71.4. The van der Waals surface area contributed by atoms with Crippen LogP contribution in [0, 0.1) is 0 Å². The molecule has 0 saturated heterocycles. The van der Waals surface area contributed by atoms with Crippen LogP contribution in [-0.2, 0) is 0 Å². The van der Waals surface area contributed by atoms with Crippen LogP contribution in [0.5, 0.6) is 0 Å². The lowest BCUT2D eigenvalue weighted by atomic mass is 9.89. The lowest BCUT2D eigenvalue weighted by molar-refractivity contribution is 1.64. The van der Waals surface area contributed by atoms with Gasteiger partial charge in [-0.1, -0.05) is 158 Å². The topological polar surface area (TPSA) is 0 Å². The van der Waals surface area contributed by atoms with E-state index in [1.54, 1.807) is 0 Å². The third-order valence-electron chi connectivity index (χ3n) is 10.4. The first kappa shape index (κ1) is 28.5. The number of rotatable bonds is 4. The molecular weight excluding hydrogens is 601 g/mol. The Kier molecular flexibility index (Phi) is 6.60. The molecule has 0 heteroatoms. The fraction of sp³-hybridized carbons (Fsp3) is 0. The van der Waals surface area contributed by atoms with Crippen molar-refractivity contribution in [3.05, 3.63) is 194 Å². The van der Waals surface area contributed by atoms with Gasteiger partial charge in [-0.15, -0.1) is 0 Å². The zero-order valence-corrected chi connectivity index (χ0v) is 27.5. The summed E-state index contributed by atoms with van der Waals surface area (Å²) in [5.41, 5.74) is 9.92. The largest absolute Gasteiger partial charge is 0.0622 e. The van der Waals surface area contributed by atoms with Crippen molar-refractivity contribution in [2.75, 3.05) is 0 Å². The second kappa shape index (κ2) is 11.6.